The number of hydrogen-bond acceptors (Lipinski definition) is 6. The number of aromatic nitrogens is 1. The molecule has 31 heavy (non-hydrogen) atoms. The Balaban J connectivity index is 1.57. The molecule has 6 nitrogen and oxygen atoms in total. The van der Waals surface area contributed by atoms with Crippen molar-refractivity contribution in [2.24, 2.45) is 0 Å². The molecular weight excluding hydrogens is 450 g/mol. The van der Waals surface area contributed by atoms with Crippen molar-refractivity contribution in [1.29, 1.82) is 0 Å². The molecule has 2 aromatic carbocycles. The molecule has 2 N–H and O–H groups in total. The van der Waals surface area contributed by atoms with E-state index in [4.69, 9.17) is 12.2 Å². The maximum atomic E-state index is 12.7. The number of rotatable bonds is 6. The van der Waals surface area contributed by atoms with E-state index in [1.807, 2.05) is 12.1 Å². The van der Waals surface area contributed by atoms with Crippen molar-refractivity contribution in [3.05, 3.63) is 89.7 Å². The second-order valence-electron chi connectivity index (χ2n) is 7.27. The highest BCUT2D eigenvalue weighted by Gasteiger charge is 2.44. The van der Waals surface area contributed by atoms with Crippen molar-refractivity contribution in [2.45, 2.75) is 24.1 Å². The maximum absolute atomic E-state index is 12.7. The third kappa shape index (κ3) is 4.45. The van der Waals surface area contributed by atoms with Crippen LogP contribution in [0.4, 0.5) is 5.69 Å². The molecule has 0 aliphatic carbocycles. The van der Waals surface area contributed by atoms with Crippen LogP contribution in [0.2, 0.25) is 0 Å². The predicted octanol–water partition coefficient (Wildman–Crippen LogP) is 3.87. The number of pyridine rings is 1. The summed E-state index contributed by atoms with van der Waals surface area (Å²) < 4.78 is 28.7. The Hall–Kier alpha value is -2.46. The minimum Gasteiger partial charge on any atom is -0.366 e. The summed E-state index contributed by atoms with van der Waals surface area (Å²) in [5.41, 5.74) is 1.38. The zero-order valence-electron chi connectivity index (χ0n) is 16.7. The molecular formula is C22H21N3O3S3. The lowest BCUT2D eigenvalue weighted by molar-refractivity contribution is -0.0508. The molecule has 9 heteroatoms. The monoisotopic (exact) mass is 471 g/mol. The molecule has 0 amide bonds. The molecule has 0 radical (unpaired) electrons. The van der Waals surface area contributed by atoms with Crippen molar-refractivity contribution >= 4 is 44.0 Å². The van der Waals surface area contributed by atoms with Gasteiger partial charge in [-0.1, -0.05) is 60.4 Å². The third-order valence-electron chi connectivity index (χ3n) is 5.11. The van der Waals surface area contributed by atoms with E-state index >= 15 is 0 Å². The maximum Gasteiger partial charge on any atom is 0.262 e. The van der Waals surface area contributed by atoms with E-state index in [1.54, 1.807) is 72.7 Å². The lowest BCUT2D eigenvalue weighted by atomic mass is 10.0. The van der Waals surface area contributed by atoms with Crippen LogP contribution in [0.15, 0.2) is 78.0 Å². The molecule has 4 rings (SSSR count). The zero-order valence-corrected chi connectivity index (χ0v) is 19.2. The summed E-state index contributed by atoms with van der Waals surface area (Å²) in [6.07, 6.45) is 3.44. The first-order valence-electron chi connectivity index (χ1n) is 9.54. The lowest BCUT2D eigenvalue weighted by Gasteiger charge is -2.34. The summed E-state index contributed by atoms with van der Waals surface area (Å²) in [7, 11) is -3.71. The van der Waals surface area contributed by atoms with Crippen LogP contribution >= 0.6 is 24.0 Å². The number of anilines is 1. The minimum absolute atomic E-state index is 0.234. The van der Waals surface area contributed by atoms with Crippen LogP contribution in [-0.4, -0.2) is 33.5 Å². The van der Waals surface area contributed by atoms with Crippen LogP contribution in [0, 0.1) is 6.92 Å². The summed E-state index contributed by atoms with van der Waals surface area (Å²) in [4.78, 5) is 6.13. The summed E-state index contributed by atoms with van der Waals surface area (Å²) in [6.45, 7) is 2.18. The minimum atomic E-state index is -3.71. The van der Waals surface area contributed by atoms with E-state index in [-0.39, 0.29) is 4.90 Å². The molecule has 1 saturated heterocycles. The molecule has 160 valence electrons. The van der Waals surface area contributed by atoms with E-state index < -0.39 is 15.7 Å². The van der Waals surface area contributed by atoms with Gasteiger partial charge in [0.05, 0.1) is 10.6 Å². The fourth-order valence-corrected chi connectivity index (χ4v) is 6.17. The standard InChI is InChI=1S/C22H21N3O3S3/c1-16-5-2-3-7-20(16)31(27,28)24-19-10-8-18(9-11-19)22(26)15-30-21(29)25(22)14-17-6-4-12-23-13-17/h2-13,24,26H,14-15H2,1H3. The van der Waals surface area contributed by atoms with E-state index in [1.165, 1.54) is 11.8 Å². The summed E-state index contributed by atoms with van der Waals surface area (Å²) >= 11 is 6.88. The number of hydrogen-bond donors (Lipinski definition) is 2. The van der Waals surface area contributed by atoms with Crippen LogP contribution < -0.4 is 4.72 Å². The second-order valence-corrected chi connectivity index (χ2v) is 10.5. The molecule has 3 aromatic rings. The zero-order chi connectivity index (χ0) is 22.1. The fourth-order valence-electron chi connectivity index (χ4n) is 3.45. The first-order valence-corrected chi connectivity index (χ1v) is 12.4. The topological polar surface area (TPSA) is 82.5 Å². The number of benzene rings is 2. The lowest BCUT2D eigenvalue weighted by Crippen LogP contribution is -2.44. The van der Waals surface area contributed by atoms with E-state index in [2.05, 4.69) is 9.71 Å². The van der Waals surface area contributed by atoms with Gasteiger partial charge in [0, 0.05) is 30.2 Å². The van der Waals surface area contributed by atoms with Gasteiger partial charge in [-0.05, 0) is 42.3 Å². The molecule has 0 saturated carbocycles. The Morgan fingerprint density at radius 3 is 2.58 bits per heavy atom. The van der Waals surface area contributed by atoms with Crippen molar-refractivity contribution in [1.82, 2.24) is 9.88 Å². The molecule has 1 aromatic heterocycles. The molecule has 1 unspecified atom stereocenters. The van der Waals surface area contributed by atoms with Crippen molar-refractivity contribution in [2.75, 3.05) is 10.5 Å². The average molecular weight is 472 g/mol. The number of thioether (sulfide) groups is 1. The van der Waals surface area contributed by atoms with Crippen LogP contribution in [0.3, 0.4) is 0 Å². The largest absolute Gasteiger partial charge is 0.366 e. The quantitative estimate of drug-likeness (QED) is 0.528. The van der Waals surface area contributed by atoms with Gasteiger partial charge in [-0.15, -0.1) is 0 Å². The van der Waals surface area contributed by atoms with Crippen LogP contribution in [0.1, 0.15) is 16.7 Å². The van der Waals surface area contributed by atoms with Gasteiger partial charge in [0.1, 0.15) is 4.32 Å². The molecule has 0 bridgehead atoms. The molecule has 1 fully saturated rings. The van der Waals surface area contributed by atoms with Crippen molar-refractivity contribution in [3.8, 4) is 0 Å². The highest BCUT2D eigenvalue weighted by atomic mass is 32.2. The molecule has 1 atom stereocenters. The predicted molar refractivity (Wildman–Crippen MR) is 127 cm³/mol. The van der Waals surface area contributed by atoms with Gasteiger partial charge in [-0.2, -0.15) is 0 Å². The van der Waals surface area contributed by atoms with Gasteiger partial charge in [0.15, 0.2) is 5.72 Å². The summed E-state index contributed by atoms with van der Waals surface area (Å²) in [5, 5.41) is 11.5. The van der Waals surface area contributed by atoms with Gasteiger partial charge in [0.2, 0.25) is 0 Å². The van der Waals surface area contributed by atoms with Gasteiger partial charge >= 0.3 is 0 Å². The highest BCUT2D eigenvalue weighted by molar-refractivity contribution is 8.23. The van der Waals surface area contributed by atoms with Gasteiger partial charge < -0.3 is 10.0 Å². The summed E-state index contributed by atoms with van der Waals surface area (Å²) in [6, 6.07) is 17.3. The average Bonchev–Trinajstić information content (AvgIpc) is 3.04. The number of nitrogens with one attached hydrogen (secondary N) is 1. The normalized spacial score (nSPS) is 18.9. The first-order chi connectivity index (χ1) is 14.8. The number of sulfonamides is 1. The van der Waals surface area contributed by atoms with Gasteiger partial charge in [-0.25, -0.2) is 8.42 Å². The number of nitrogens with zero attached hydrogens (tertiary/aromatic N) is 2. The van der Waals surface area contributed by atoms with E-state index in [0.29, 0.717) is 33.4 Å². The molecule has 2 heterocycles. The second kappa shape index (κ2) is 8.58. The Morgan fingerprint density at radius 1 is 1.16 bits per heavy atom. The molecule has 0 spiro atoms. The number of aliphatic hydroxyl groups is 1. The number of aryl methyl sites for hydroxylation is 1. The third-order valence-corrected chi connectivity index (χ3v) is 8.24. The van der Waals surface area contributed by atoms with Crippen molar-refractivity contribution in [3.63, 3.8) is 0 Å². The molecule has 1 aliphatic heterocycles. The van der Waals surface area contributed by atoms with E-state index in [9.17, 15) is 13.5 Å². The highest BCUT2D eigenvalue weighted by Crippen LogP contribution is 2.40. The fraction of sp³-hybridized carbons (Fsp3) is 0.182. The Morgan fingerprint density at radius 2 is 1.90 bits per heavy atom. The smallest absolute Gasteiger partial charge is 0.262 e. The van der Waals surface area contributed by atoms with Gasteiger partial charge in [0.25, 0.3) is 10.0 Å². The Kier molecular flexibility index (Phi) is 6.02. The summed E-state index contributed by atoms with van der Waals surface area (Å²) in [5.74, 6) is 0.389. The Labute approximate surface area is 191 Å². The number of thiocarbonyl (C=S) groups is 1. The van der Waals surface area contributed by atoms with Crippen LogP contribution in [-0.2, 0) is 22.3 Å². The molecule has 1 aliphatic rings. The van der Waals surface area contributed by atoms with Crippen LogP contribution in [0.5, 0.6) is 0 Å². The van der Waals surface area contributed by atoms with Gasteiger partial charge in [-0.3, -0.25) is 9.71 Å². The van der Waals surface area contributed by atoms with E-state index in [0.717, 1.165) is 5.56 Å². The Bertz CT molecular complexity index is 1200. The first kappa shape index (κ1) is 21.8. The van der Waals surface area contributed by atoms with Crippen LogP contribution in [0.25, 0.3) is 0 Å². The SMILES string of the molecule is Cc1ccccc1S(=O)(=O)Nc1ccc(C2(O)CSC(=S)N2Cc2cccnc2)cc1. The van der Waals surface area contributed by atoms with Crippen molar-refractivity contribution < 1.29 is 13.5 Å².